The lowest BCUT2D eigenvalue weighted by Gasteiger charge is -2.04. The zero-order valence-corrected chi connectivity index (χ0v) is 9.77. The highest BCUT2D eigenvalue weighted by Crippen LogP contribution is 2.15. The van der Waals surface area contributed by atoms with Crippen LogP contribution in [0.25, 0.3) is 0 Å². The Morgan fingerprint density at radius 2 is 1.73 bits per heavy atom. The third kappa shape index (κ3) is 7.65. The molecule has 0 aliphatic carbocycles. The lowest BCUT2D eigenvalue weighted by Crippen LogP contribution is -2.16. The van der Waals surface area contributed by atoms with Crippen molar-refractivity contribution >= 4 is 34.8 Å². The average Bonchev–Trinajstić information content (AvgIpc) is 2.07. The number of aliphatic hydroxyl groups excluding tert-OH is 1. The first-order valence-corrected chi connectivity index (χ1v) is 4.76. The Hall–Kier alpha value is -1.40. The fourth-order valence-corrected chi connectivity index (χ4v) is 0.869. The van der Waals surface area contributed by atoms with Crippen LogP contribution in [0.15, 0.2) is 24.3 Å². The Morgan fingerprint density at radius 3 is 2.13 bits per heavy atom. The van der Waals surface area contributed by atoms with E-state index in [1.54, 1.807) is 0 Å². The Labute approximate surface area is 98.8 Å². The smallest absolute Gasteiger partial charge is 0.259 e. The van der Waals surface area contributed by atoms with E-state index in [1.807, 2.05) is 31.2 Å². The number of benzene rings is 1. The summed E-state index contributed by atoms with van der Waals surface area (Å²) in [5, 5.41) is 7.12. The van der Waals surface area contributed by atoms with Crippen LogP contribution in [0.2, 0.25) is 0 Å². The number of ether oxygens (including phenoxy) is 1. The topological polar surface area (TPSA) is 81.5 Å². The standard InChI is InChI=1S/C8H9NOS.CH3NOS/c1-6-4-2-3-5-7(6)10-8(9)11;2-1(3)4/h2-5H,1H3,(H2,9,11);(H3,2,3,4). The third-order valence-corrected chi connectivity index (χ3v) is 1.39. The van der Waals surface area contributed by atoms with Crippen LogP contribution in [0.3, 0.4) is 0 Å². The van der Waals surface area contributed by atoms with E-state index in [4.69, 9.17) is 15.6 Å². The predicted molar refractivity (Wildman–Crippen MR) is 68.0 cm³/mol. The number of aliphatic hydroxyl groups is 1. The molecule has 0 aromatic heterocycles. The van der Waals surface area contributed by atoms with Gasteiger partial charge in [-0.25, -0.2) is 0 Å². The highest BCUT2D eigenvalue weighted by molar-refractivity contribution is 7.80. The molecular formula is C9H12N2O2S2. The number of aryl methyl sites for hydroxylation is 1. The summed E-state index contributed by atoms with van der Waals surface area (Å²) < 4.78 is 5.05. The average molecular weight is 244 g/mol. The van der Waals surface area contributed by atoms with Gasteiger partial charge in [0.05, 0.1) is 0 Å². The first kappa shape index (κ1) is 13.6. The van der Waals surface area contributed by atoms with Crippen molar-refractivity contribution in [1.29, 1.82) is 0 Å². The van der Waals surface area contributed by atoms with Gasteiger partial charge in [0.1, 0.15) is 5.75 Å². The number of thiocarbonyl (C=S) groups is 2. The molecule has 82 valence electrons. The van der Waals surface area contributed by atoms with E-state index in [-0.39, 0.29) is 5.17 Å². The molecule has 0 atom stereocenters. The summed E-state index contributed by atoms with van der Waals surface area (Å²) in [6.07, 6.45) is 0. The molecule has 0 aliphatic heterocycles. The van der Waals surface area contributed by atoms with E-state index in [0.717, 1.165) is 11.3 Å². The molecular weight excluding hydrogens is 232 g/mol. The van der Waals surface area contributed by atoms with Gasteiger partial charge in [-0.3, -0.25) is 0 Å². The second-order valence-electron chi connectivity index (χ2n) is 2.52. The van der Waals surface area contributed by atoms with Crippen molar-refractivity contribution in [2.24, 2.45) is 11.5 Å². The summed E-state index contributed by atoms with van der Waals surface area (Å²) in [5.74, 6) is 0.722. The van der Waals surface area contributed by atoms with E-state index in [9.17, 15) is 0 Å². The maximum Gasteiger partial charge on any atom is 0.259 e. The van der Waals surface area contributed by atoms with Gasteiger partial charge < -0.3 is 21.3 Å². The number of hydrogen-bond donors (Lipinski definition) is 3. The van der Waals surface area contributed by atoms with Gasteiger partial charge in [0.25, 0.3) is 10.3 Å². The van der Waals surface area contributed by atoms with Crippen molar-refractivity contribution in [3.8, 4) is 5.75 Å². The molecule has 1 rings (SSSR count). The highest BCUT2D eigenvalue weighted by atomic mass is 32.1. The monoisotopic (exact) mass is 244 g/mol. The van der Waals surface area contributed by atoms with Crippen LogP contribution >= 0.6 is 24.4 Å². The van der Waals surface area contributed by atoms with Crippen LogP contribution in [0.4, 0.5) is 0 Å². The van der Waals surface area contributed by atoms with Gasteiger partial charge in [-0.05, 0) is 43.0 Å². The number of para-hydroxylation sites is 1. The van der Waals surface area contributed by atoms with Crippen LogP contribution < -0.4 is 16.2 Å². The van der Waals surface area contributed by atoms with Gasteiger partial charge in [-0.1, -0.05) is 18.2 Å². The molecule has 0 amide bonds. The van der Waals surface area contributed by atoms with E-state index < -0.39 is 5.17 Å². The number of nitrogens with two attached hydrogens (primary N) is 2. The van der Waals surface area contributed by atoms with Crippen LogP contribution in [-0.2, 0) is 0 Å². The second kappa shape index (κ2) is 6.97. The van der Waals surface area contributed by atoms with Gasteiger partial charge in [0.2, 0.25) is 0 Å². The van der Waals surface area contributed by atoms with Gasteiger partial charge in [0.15, 0.2) is 0 Å². The molecule has 0 saturated heterocycles. The van der Waals surface area contributed by atoms with Crippen LogP contribution in [0.1, 0.15) is 5.56 Å². The first-order chi connectivity index (χ1) is 6.93. The fourth-order valence-electron chi connectivity index (χ4n) is 0.779. The van der Waals surface area contributed by atoms with Crippen LogP contribution in [0, 0.1) is 6.92 Å². The molecule has 5 N–H and O–H groups in total. The van der Waals surface area contributed by atoms with Gasteiger partial charge in [0, 0.05) is 0 Å². The quantitative estimate of drug-likeness (QED) is 0.648. The lowest BCUT2D eigenvalue weighted by molar-refractivity contribution is 0.552. The SMILES string of the molecule is Cc1ccccc1OC(N)=S.NC(O)=S. The molecule has 0 radical (unpaired) electrons. The van der Waals surface area contributed by atoms with E-state index >= 15 is 0 Å². The fraction of sp³-hybridized carbons (Fsp3) is 0.111. The minimum atomic E-state index is -0.500. The molecule has 0 heterocycles. The molecule has 1 aromatic rings. The van der Waals surface area contributed by atoms with Gasteiger partial charge in [-0.2, -0.15) is 0 Å². The number of hydrogen-bond acceptors (Lipinski definition) is 3. The summed E-state index contributed by atoms with van der Waals surface area (Å²) >= 11 is 8.46. The zero-order chi connectivity index (χ0) is 11.8. The van der Waals surface area contributed by atoms with E-state index in [1.165, 1.54) is 0 Å². The Balaban J connectivity index is 0.000000423. The van der Waals surface area contributed by atoms with Crippen molar-refractivity contribution in [3.05, 3.63) is 29.8 Å². The Bertz CT molecular complexity index is 352. The maximum absolute atomic E-state index is 7.56. The zero-order valence-electron chi connectivity index (χ0n) is 8.14. The van der Waals surface area contributed by atoms with Crippen molar-refractivity contribution < 1.29 is 9.84 Å². The summed E-state index contributed by atoms with van der Waals surface area (Å²) in [4.78, 5) is 0. The minimum Gasteiger partial charge on any atom is -0.487 e. The third-order valence-electron chi connectivity index (χ3n) is 1.30. The molecule has 0 saturated carbocycles. The van der Waals surface area contributed by atoms with Crippen LogP contribution in [-0.4, -0.2) is 15.5 Å². The molecule has 0 fully saturated rings. The van der Waals surface area contributed by atoms with Crippen molar-refractivity contribution in [3.63, 3.8) is 0 Å². The Kier molecular flexibility index (Phi) is 6.32. The molecule has 4 nitrogen and oxygen atoms in total. The second-order valence-corrected chi connectivity index (χ2v) is 3.35. The molecule has 0 aliphatic rings. The lowest BCUT2D eigenvalue weighted by atomic mass is 10.2. The molecule has 6 heteroatoms. The highest BCUT2D eigenvalue weighted by Gasteiger charge is 1.97. The van der Waals surface area contributed by atoms with Gasteiger partial charge >= 0.3 is 0 Å². The number of rotatable bonds is 1. The summed E-state index contributed by atoms with van der Waals surface area (Å²) in [6.45, 7) is 1.94. The van der Waals surface area contributed by atoms with Crippen molar-refractivity contribution in [1.82, 2.24) is 0 Å². The molecule has 0 unspecified atom stereocenters. The molecule has 0 spiro atoms. The summed E-state index contributed by atoms with van der Waals surface area (Å²) in [6, 6.07) is 7.57. The van der Waals surface area contributed by atoms with E-state index in [0.29, 0.717) is 0 Å². The van der Waals surface area contributed by atoms with Crippen molar-refractivity contribution in [2.45, 2.75) is 6.92 Å². The largest absolute Gasteiger partial charge is 0.487 e. The Morgan fingerprint density at radius 1 is 1.27 bits per heavy atom. The molecule has 0 bridgehead atoms. The molecule has 1 aromatic carbocycles. The molecule has 15 heavy (non-hydrogen) atoms. The van der Waals surface area contributed by atoms with Gasteiger partial charge in [-0.15, -0.1) is 0 Å². The maximum atomic E-state index is 7.56. The summed E-state index contributed by atoms with van der Waals surface area (Å²) in [5.41, 5.74) is 10.6. The minimum absolute atomic E-state index is 0.0549. The van der Waals surface area contributed by atoms with E-state index in [2.05, 4.69) is 30.2 Å². The normalized spacial score (nSPS) is 8.33. The predicted octanol–water partition coefficient (Wildman–Crippen LogP) is 1.41. The first-order valence-electron chi connectivity index (χ1n) is 3.94. The summed E-state index contributed by atoms with van der Waals surface area (Å²) in [7, 11) is 0. The van der Waals surface area contributed by atoms with Crippen molar-refractivity contribution in [2.75, 3.05) is 0 Å². The van der Waals surface area contributed by atoms with Crippen LogP contribution in [0.5, 0.6) is 5.75 Å².